The molecule has 0 aliphatic heterocycles. The Morgan fingerprint density at radius 2 is 2.29 bits per heavy atom. The first-order valence-corrected chi connectivity index (χ1v) is 5.67. The average molecular weight is 193 g/mol. The van der Waals surface area contributed by atoms with Crippen LogP contribution < -0.4 is 5.73 Å². The molecular formula is C12H19NO. The SMILES string of the molecule is CCCC1(C(N)=O)CC2C=CC1CC2. The number of amides is 1. The van der Waals surface area contributed by atoms with Crippen molar-refractivity contribution in [3.05, 3.63) is 12.2 Å². The van der Waals surface area contributed by atoms with Crippen molar-refractivity contribution in [2.45, 2.75) is 39.0 Å². The van der Waals surface area contributed by atoms with Gasteiger partial charge in [-0.25, -0.2) is 0 Å². The zero-order chi connectivity index (χ0) is 10.2. The van der Waals surface area contributed by atoms with Crippen LogP contribution in [0.15, 0.2) is 12.2 Å². The van der Waals surface area contributed by atoms with Crippen LogP contribution in [0.2, 0.25) is 0 Å². The number of primary amides is 1. The molecule has 1 amide bonds. The highest BCUT2D eigenvalue weighted by Crippen LogP contribution is 2.51. The van der Waals surface area contributed by atoms with Crippen molar-refractivity contribution >= 4 is 5.91 Å². The number of nitrogens with two attached hydrogens (primary N) is 1. The number of fused-ring (bicyclic) bond motifs is 2. The Hall–Kier alpha value is -0.790. The molecule has 2 bridgehead atoms. The second-order valence-corrected chi connectivity index (χ2v) is 4.80. The topological polar surface area (TPSA) is 43.1 Å². The monoisotopic (exact) mass is 193 g/mol. The first-order valence-electron chi connectivity index (χ1n) is 5.67. The molecular weight excluding hydrogens is 174 g/mol. The summed E-state index contributed by atoms with van der Waals surface area (Å²) in [6.45, 7) is 2.14. The molecule has 0 saturated heterocycles. The molecule has 3 aliphatic rings. The van der Waals surface area contributed by atoms with Crippen molar-refractivity contribution in [2.75, 3.05) is 0 Å². The van der Waals surface area contributed by atoms with Crippen molar-refractivity contribution in [3.63, 3.8) is 0 Å². The van der Waals surface area contributed by atoms with E-state index in [2.05, 4.69) is 19.1 Å². The van der Waals surface area contributed by atoms with Gasteiger partial charge in [0.2, 0.25) is 5.91 Å². The van der Waals surface area contributed by atoms with E-state index in [4.69, 9.17) is 5.73 Å². The Morgan fingerprint density at radius 1 is 1.50 bits per heavy atom. The first kappa shape index (κ1) is 9.75. The fourth-order valence-corrected chi connectivity index (χ4v) is 3.27. The summed E-state index contributed by atoms with van der Waals surface area (Å²) in [5, 5.41) is 0. The summed E-state index contributed by atoms with van der Waals surface area (Å²) < 4.78 is 0. The van der Waals surface area contributed by atoms with E-state index in [0.29, 0.717) is 11.8 Å². The van der Waals surface area contributed by atoms with Crippen molar-refractivity contribution < 1.29 is 4.79 Å². The Balaban J connectivity index is 2.28. The van der Waals surface area contributed by atoms with Gasteiger partial charge >= 0.3 is 0 Å². The lowest BCUT2D eigenvalue weighted by Gasteiger charge is -2.46. The maximum absolute atomic E-state index is 11.6. The number of allylic oxidation sites excluding steroid dienone is 2. The van der Waals surface area contributed by atoms with Gasteiger partial charge in [0.05, 0.1) is 5.41 Å². The maximum Gasteiger partial charge on any atom is 0.224 e. The van der Waals surface area contributed by atoms with Gasteiger partial charge in [0, 0.05) is 0 Å². The average Bonchev–Trinajstić information content (AvgIpc) is 2.19. The Bertz CT molecular complexity index is 271. The Morgan fingerprint density at radius 3 is 2.64 bits per heavy atom. The summed E-state index contributed by atoms with van der Waals surface area (Å²) in [5.41, 5.74) is 5.40. The molecule has 3 unspecified atom stereocenters. The molecule has 0 aromatic rings. The summed E-state index contributed by atoms with van der Waals surface area (Å²) in [4.78, 5) is 11.6. The number of hydrogen-bond donors (Lipinski definition) is 1. The first-order chi connectivity index (χ1) is 6.69. The molecule has 1 fully saturated rings. The standard InChI is InChI=1S/C12H19NO/c1-2-7-12(11(13)14)8-9-3-5-10(12)6-4-9/h3,5,9-10H,2,4,6-8H2,1H3,(H2,13,14). The van der Waals surface area contributed by atoms with E-state index >= 15 is 0 Å². The minimum Gasteiger partial charge on any atom is -0.369 e. The maximum atomic E-state index is 11.6. The highest BCUT2D eigenvalue weighted by molar-refractivity contribution is 5.82. The fourth-order valence-electron chi connectivity index (χ4n) is 3.27. The van der Waals surface area contributed by atoms with Gasteiger partial charge in [0.1, 0.15) is 0 Å². The largest absolute Gasteiger partial charge is 0.369 e. The van der Waals surface area contributed by atoms with E-state index in [1.807, 2.05) is 0 Å². The molecule has 2 N–H and O–H groups in total. The van der Waals surface area contributed by atoms with Gasteiger partial charge in [0.15, 0.2) is 0 Å². The van der Waals surface area contributed by atoms with E-state index in [0.717, 1.165) is 25.7 Å². The summed E-state index contributed by atoms with van der Waals surface area (Å²) in [6.07, 6.45) is 9.94. The normalized spacial score (nSPS) is 40.1. The van der Waals surface area contributed by atoms with E-state index < -0.39 is 0 Å². The molecule has 14 heavy (non-hydrogen) atoms. The van der Waals surface area contributed by atoms with Gasteiger partial charge in [-0.1, -0.05) is 25.5 Å². The Labute approximate surface area is 85.6 Å². The van der Waals surface area contributed by atoms with Crippen LogP contribution in [0.4, 0.5) is 0 Å². The van der Waals surface area contributed by atoms with Crippen LogP contribution >= 0.6 is 0 Å². The van der Waals surface area contributed by atoms with Crippen LogP contribution in [0, 0.1) is 17.3 Å². The molecule has 3 atom stereocenters. The highest BCUT2D eigenvalue weighted by atomic mass is 16.1. The van der Waals surface area contributed by atoms with E-state index in [1.54, 1.807) is 0 Å². The minimum absolute atomic E-state index is 0.0709. The Kier molecular flexibility index (Phi) is 2.38. The lowest BCUT2D eigenvalue weighted by atomic mass is 9.57. The molecule has 0 aromatic carbocycles. The lowest BCUT2D eigenvalue weighted by molar-refractivity contribution is -0.134. The zero-order valence-corrected chi connectivity index (χ0v) is 8.83. The zero-order valence-electron chi connectivity index (χ0n) is 8.83. The predicted molar refractivity (Wildman–Crippen MR) is 56.5 cm³/mol. The van der Waals surface area contributed by atoms with Crippen molar-refractivity contribution in [1.82, 2.24) is 0 Å². The molecule has 0 radical (unpaired) electrons. The molecule has 0 aromatic heterocycles. The van der Waals surface area contributed by atoms with Crippen molar-refractivity contribution in [1.29, 1.82) is 0 Å². The van der Waals surface area contributed by atoms with Gasteiger partial charge in [-0.15, -0.1) is 0 Å². The molecule has 2 nitrogen and oxygen atoms in total. The second-order valence-electron chi connectivity index (χ2n) is 4.80. The van der Waals surface area contributed by atoms with Crippen LogP contribution in [0.1, 0.15) is 39.0 Å². The van der Waals surface area contributed by atoms with Crippen LogP contribution in [-0.2, 0) is 4.79 Å². The van der Waals surface area contributed by atoms with E-state index in [1.165, 1.54) is 6.42 Å². The van der Waals surface area contributed by atoms with Gasteiger partial charge in [-0.3, -0.25) is 4.79 Å². The molecule has 1 saturated carbocycles. The summed E-state index contributed by atoms with van der Waals surface area (Å²) in [6, 6.07) is 0. The third-order valence-corrected chi connectivity index (χ3v) is 3.99. The summed E-state index contributed by atoms with van der Waals surface area (Å²) in [5.74, 6) is 0.961. The van der Waals surface area contributed by atoms with Crippen molar-refractivity contribution in [3.8, 4) is 0 Å². The van der Waals surface area contributed by atoms with Crippen LogP contribution in [0.25, 0.3) is 0 Å². The van der Waals surface area contributed by atoms with Gasteiger partial charge in [0.25, 0.3) is 0 Å². The number of carbonyl (C=O) groups is 1. The quantitative estimate of drug-likeness (QED) is 0.686. The molecule has 0 heterocycles. The summed E-state index contributed by atoms with van der Waals surface area (Å²) >= 11 is 0. The van der Waals surface area contributed by atoms with E-state index in [9.17, 15) is 4.79 Å². The molecule has 78 valence electrons. The number of carbonyl (C=O) groups excluding carboxylic acids is 1. The van der Waals surface area contributed by atoms with Crippen LogP contribution in [0.3, 0.4) is 0 Å². The number of rotatable bonds is 3. The third-order valence-electron chi connectivity index (χ3n) is 3.99. The molecule has 2 heteroatoms. The van der Waals surface area contributed by atoms with Gasteiger partial charge in [-0.2, -0.15) is 0 Å². The molecule has 0 spiro atoms. The van der Waals surface area contributed by atoms with Crippen molar-refractivity contribution in [2.24, 2.45) is 23.0 Å². The summed E-state index contributed by atoms with van der Waals surface area (Å²) in [7, 11) is 0. The number of hydrogen-bond acceptors (Lipinski definition) is 1. The smallest absolute Gasteiger partial charge is 0.224 e. The van der Waals surface area contributed by atoms with Gasteiger partial charge in [-0.05, 0) is 37.5 Å². The molecule has 3 rings (SSSR count). The predicted octanol–water partition coefficient (Wildman–Crippen LogP) is 2.24. The minimum atomic E-state index is -0.202. The van der Waals surface area contributed by atoms with Crippen LogP contribution in [0.5, 0.6) is 0 Å². The second kappa shape index (κ2) is 3.41. The fraction of sp³-hybridized carbons (Fsp3) is 0.750. The van der Waals surface area contributed by atoms with Gasteiger partial charge < -0.3 is 5.73 Å². The molecule has 3 aliphatic carbocycles. The van der Waals surface area contributed by atoms with E-state index in [-0.39, 0.29) is 11.3 Å². The highest BCUT2D eigenvalue weighted by Gasteiger charge is 2.48. The van der Waals surface area contributed by atoms with Crippen LogP contribution in [-0.4, -0.2) is 5.91 Å². The third kappa shape index (κ3) is 1.28. The lowest BCUT2D eigenvalue weighted by Crippen LogP contribution is -2.48.